The lowest BCUT2D eigenvalue weighted by molar-refractivity contribution is -0.142. The average Bonchev–Trinajstić information content (AvgIpc) is 2.27. The molecule has 0 aliphatic heterocycles. The molecule has 0 saturated carbocycles. The molecule has 0 saturated heterocycles. The van der Waals surface area contributed by atoms with E-state index in [1.807, 2.05) is 0 Å². The number of carbonyl (C=O) groups excluding carboxylic acids is 1. The smallest absolute Gasteiger partial charge is 0.319 e. The van der Waals surface area contributed by atoms with Gasteiger partial charge in [-0.05, 0) is 78.3 Å². The average molecular weight is 490 g/mol. The van der Waals surface area contributed by atoms with E-state index in [2.05, 4.69) is 74.9 Å². The third kappa shape index (κ3) is 13.5. The van der Waals surface area contributed by atoms with Gasteiger partial charge in [-0.25, -0.2) is 0 Å². The Morgan fingerprint density at radius 3 is 1.76 bits per heavy atom. The molecule has 0 bridgehead atoms. The summed E-state index contributed by atoms with van der Waals surface area (Å²) >= 11 is 3.22. The van der Waals surface area contributed by atoms with E-state index in [9.17, 15) is 4.79 Å². The zero-order valence-electron chi connectivity index (χ0n) is 17.6. The van der Waals surface area contributed by atoms with Crippen LogP contribution in [0.2, 0.25) is 65.0 Å². The third-order valence-electron chi connectivity index (χ3n) is 2.88. The number of halogens is 1. The monoisotopic (exact) mass is 488 g/mol. The van der Waals surface area contributed by atoms with E-state index in [1.165, 1.54) is 0 Å². The first-order chi connectivity index (χ1) is 10.9. The molecule has 0 aliphatic rings. The molecule has 0 radical (unpaired) electrons. The van der Waals surface area contributed by atoms with Gasteiger partial charge in [0.15, 0.2) is 16.6 Å². The number of alkyl halides is 1. The molecule has 0 N–H and O–H groups in total. The van der Waals surface area contributed by atoms with E-state index in [4.69, 9.17) is 17.1 Å². The van der Waals surface area contributed by atoms with Crippen LogP contribution in [0.5, 0.6) is 0 Å². The number of esters is 1. The van der Waals surface area contributed by atoms with E-state index in [0.717, 1.165) is 12.5 Å². The van der Waals surface area contributed by atoms with Crippen LogP contribution in [0.1, 0.15) is 13.3 Å². The van der Waals surface area contributed by atoms with Gasteiger partial charge in [0.2, 0.25) is 0 Å². The van der Waals surface area contributed by atoms with Crippen molar-refractivity contribution in [2.45, 2.75) is 83.1 Å². The quantitative estimate of drug-likeness (QED) is 0.173. The first-order valence-corrected chi connectivity index (χ1v) is 21.9. The highest BCUT2D eigenvalue weighted by atomic mass is 79.9. The summed E-state index contributed by atoms with van der Waals surface area (Å²) in [6.07, 6.45) is 0.746. The fourth-order valence-electron chi connectivity index (χ4n) is 2.73. The summed E-state index contributed by atoms with van der Waals surface area (Å²) in [6.45, 7) is 21.6. The van der Waals surface area contributed by atoms with Crippen molar-refractivity contribution in [2.24, 2.45) is 0 Å². The molecule has 0 spiro atoms. The summed E-state index contributed by atoms with van der Waals surface area (Å²) in [7, 11) is -8.10. The molecule has 0 fully saturated rings. The zero-order chi connectivity index (χ0) is 20.1. The Morgan fingerprint density at radius 1 is 0.880 bits per heavy atom. The molecule has 0 aromatic heterocycles. The molecule has 2 unspecified atom stereocenters. The molecular weight excluding hydrogens is 452 g/mol. The van der Waals surface area contributed by atoms with Gasteiger partial charge in [0.1, 0.15) is 4.83 Å². The van der Waals surface area contributed by atoms with E-state index in [-0.39, 0.29) is 10.8 Å². The number of carbonyl (C=O) groups is 1. The molecule has 5 nitrogen and oxygen atoms in total. The fourth-order valence-corrected chi connectivity index (χ4v) is 20.8. The van der Waals surface area contributed by atoms with Gasteiger partial charge in [-0.2, -0.15) is 0 Å². The largest absolute Gasteiger partial charge is 0.465 e. The van der Waals surface area contributed by atoms with E-state index in [1.54, 1.807) is 6.92 Å². The standard InChI is InChI=1S/C15H37BrO5Si4/c1-14(16)15(17)18-12-11-13-25(10,20-23(5,6)7)21-24(8,9)19-22(2,3)4/h14H,11-13H2,1-10H3. The minimum Gasteiger partial charge on any atom is -0.465 e. The van der Waals surface area contributed by atoms with Crippen molar-refractivity contribution in [3.63, 3.8) is 0 Å². The van der Waals surface area contributed by atoms with Crippen LogP contribution >= 0.6 is 15.9 Å². The molecule has 0 aromatic rings. The Labute approximate surface area is 167 Å². The highest BCUT2D eigenvalue weighted by Gasteiger charge is 2.44. The summed E-state index contributed by atoms with van der Waals surface area (Å²) in [5, 5.41) is 0. The van der Waals surface area contributed by atoms with Gasteiger partial charge in [-0.3, -0.25) is 4.79 Å². The lowest BCUT2D eigenvalue weighted by atomic mass is 10.5. The number of ether oxygens (including phenoxy) is 1. The van der Waals surface area contributed by atoms with Gasteiger partial charge in [-0.15, -0.1) is 0 Å². The van der Waals surface area contributed by atoms with Crippen LogP contribution in [0.3, 0.4) is 0 Å². The van der Waals surface area contributed by atoms with Crippen LogP contribution in [0.4, 0.5) is 0 Å². The minimum absolute atomic E-state index is 0.229. The van der Waals surface area contributed by atoms with E-state index < -0.39 is 33.8 Å². The highest BCUT2D eigenvalue weighted by Crippen LogP contribution is 2.27. The molecular formula is C15H37BrO5Si4. The van der Waals surface area contributed by atoms with Crippen molar-refractivity contribution in [3.05, 3.63) is 0 Å². The molecule has 150 valence electrons. The molecule has 0 amide bonds. The Balaban J connectivity index is 4.92. The minimum atomic E-state index is -2.40. The maximum atomic E-state index is 11.6. The van der Waals surface area contributed by atoms with Crippen LogP contribution < -0.4 is 0 Å². The molecule has 25 heavy (non-hydrogen) atoms. The van der Waals surface area contributed by atoms with Crippen molar-refractivity contribution >= 4 is 55.7 Å². The van der Waals surface area contributed by atoms with Gasteiger partial charge >= 0.3 is 23.1 Å². The van der Waals surface area contributed by atoms with Gasteiger partial charge in [-0.1, -0.05) is 15.9 Å². The van der Waals surface area contributed by atoms with Crippen molar-refractivity contribution in [2.75, 3.05) is 6.61 Å². The molecule has 0 aromatic carbocycles. The summed E-state index contributed by atoms with van der Waals surface area (Å²) in [5.74, 6) is -0.229. The summed E-state index contributed by atoms with van der Waals surface area (Å²) in [4.78, 5) is 11.3. The van der Waals surface area contributed by atoms with Gasteiger partial charge in [0, 0.05) is 0 Å². The van der Waals surface area contributed by atoms with E-state index >= 15 is 0 Å². The predicted molar refractivity (Wildman–Crippen MR) is 118 cm³/mol. The Morgan fingerprint density at radius 2 is 1.36 bits per heavy atom. The second-order valence-electron chi connectivity index (χ2n) is 8.95. The topological polar surface area (TPSA) is 54.0 Å². The van der Waals surface area contributed by atoms with Gasteiger partial charge in [0.25, 0.3) is 0 Å². The highest BCUT2D eigenvalue weighted by molar-refractivity contribution is 9.10. The molecule has 2 atom stereocenters. The number of rotatable bonds is 11. The number of hydrogen-bond donors (Lipinski definition) is 0. The zero-order valence-corrected chi connectivity index (χ0v) is 23.2. The lowest BCUT2D eigenvalue weighted by Crippen LogP contribution is -2.56. The Bertz CT molecular complexity index is 435. The summed E-state index contributed by atoms with van der Waals surface area (Å²) in [6, 6.07) is 0.798. The van der Waals surface area contributed by atoms with Crippen LogP contribution in [-0.2, 0) is 21.9 Å². The summed E-state index contributed by atoms with van der Waals surface area (Å²) < 4.78 is 24.7. The normalized spacial score (nSPS) is 17.1. The van der Waals surface area contributed by atoms with Gasteiger partial charge in [0.05, 0.1) is 6.61 Å². The van der Waals surface area contributed by atoms with Crippen LogP contribution in [-0.4, -0.2) is 51.2 Å². The lowest BCUT2D eigenvalue weighted by Gasteiger charge is -2.41. The third-order valence-corrected chi connectivity index (χ3v) is 16.8. The van der Waals surface area contributed by atoms with Crippen LogP contribution in [0, 0.1) is 0 Å². The first kappa shape index (κ1) is 25.7. The Kier molecular flexibility index (Phi) is 10.0. The maximum absolute atomic E-state index is 11.6. The molecule has 10 heteroatoms. The van der Waals surface area contributed by atoms with Gasteiger partial charge < -0.3 is 17.1 Å². The SMILES string of the molecule is CC(Br)C(=O)OCCC[Si](C)(O[Si](C)(C)C)O[Si](C)(C)O[Si](C)(C)C. The van der Waals surface area contributed by atoms with Crippen molar-refractivity contribution in [1.29, 1.82) is 0 Å². The fraction of sp³-hybridized carbons (Fsp3) is 0.933. The van der Waals surface area contributed by atoms with Crippen LogP contribution in [0.25, 0.3) is 0 Å². The second-order valence-corrected chi connectivity index (χ2v) is 26.8. The van der Waals surface area contributed by atoms with E-state index in [0.29, 0.717) is 6.61 Å². The first-order valence-electron chi connectivity index (χ1n) is 8.86. The van der Waals surface area contributed by atoms with Crippen molar-refractivity contribution in [3.8, 4) is 0 Å². The van der Waals surface area contributed by atoms with Crippen molar-refractivity contribution in [1.82, 2.24) is 0 Å². The molecule has 0 rings (SSSR count). The summed E-state index contributed by atoms with van der Waals surface area (Å²) in [5.41, 5.74) is 0. The second kappa shape index (κ2) is 9.76. The Hall–Kier alpha value is 0.698. The number of hydrogen-bond acceptors (Lipinski definition) is 5. The van der Waals surface area contributed by atoms with Crippen LogP contribution in [0.15, 0.2) is 0 Å². The van der Waals surface area contributed by atoms with Crippen molar-refractivity contribution < 1.29 is 21.9 Å². The molecule has 0 heterocycles. The molecule has 0 aliphatic carbocycles. The maximum Gasteiger partial charge on any atom is 0.319 e. The predicted octanol–water partition coefficient (Wildman–Crippen LogP) is 5.20.